The van der Waals surface area contributed by atoms with Crippen LogP contribution in [0.2, 0.25) is 0 Å². The van der Waals surface area contributed by atoms with Gasteiger partial charge in [-0.2, -0.15) is 0 Å². The summed E-state index contributed by atoms with van der Waals surface area (Å²) in [6, 6.07) is 26.5. The van der Waals surface area contributed by atoms with Gasteiger partial charge >= 0.3 is 0 Å². The van der Waals surface area contributed by atoms with Crippen LogP contribution in [0.15, 0.2) is 78.9 Å². The summed E-state index contributed by atoms with van der Waals surface area (Å²) in [7, 11) is 0. The molecule has 3 rings (SSSR count). The third-order valence-corrected chi connectivity index (χ3v) is 3.86. The van der Waals surface area contributed by atoms with Crippen LogP contribution in [-0.4, -0.2) is 5.11 Å². The van der Waals surface area contributed by atoms with Gasteiger partial charge in [-0.15, -0.1) is 0 Å². The van der Waals surface area contributed by atoms with Crippen LogP contribution in [0.4, 0.5) is 0 Å². The summed E-state index contributed by atoms with van der Waals surface area (Å²) in [6.45, 7) is 2.14. The average Bonchev–Trinajstić information content (AvgIpc) is 2.52. The number of hydrogen-bond acceptors (Lipinski definition) is 1. The van der Waals surface area contributed by atoms with Crippen LogP contribution in [0.3, 0.4) is 0 Å². The van der Waals surface area contributed by atoms with Gasteiger partial charge in [-0.3, -0.25) is 0 Å². The Morgan fingerprint density at radius 2 is 1.24 bits per heavy atom. The molecule has 0 fully saturated rings. The molecule has 0 amide bonds. The molecule has 1 atom stereocenters. The fourth-order valence-electron chi connectivity index (χ4n) is 2.77. The van der Waals surface area contributed by atoms with E-state index in [0.717, 1.165) is 0 Å². The quantitative estimate of drug-likeness (QED) is 0.675. The van der Waals surface area contributed by atoms with Crippen molar-refractivity contribution in [3.63, 3.8) is 0 Å². The van der Waals surface area contributed by atoms with Gasteiger partial charge in [-0.25, -0.2) is 0 Å². The van der Waals surface area contributed by atoms with Crippen molar-refractivity contribution in [1.29, 1.82) is 0 Å². The van der Waals surface area contributed by atoms with E-state index in [1.807, 2.05) is 18.2 Å². The molecule has 0 bridgehead atoms. The maximum absolute atomic E-state index is 9.53. The van der Waals surface area contributed by atoms with Crippen LogP contribution in [-0.2, 0) is 0 Å². The average molecular weight is 274 g/mol. The minimum Gasteiger partial charge on any atom is -0.508 e. The molecule has 1 N–H and O–H groups in total. The Balaban J connectivity index is 2.16. The smallest absolute Gasteiger partial charge is 0.115 e. The molecule has 0 saturated heterocycles. The topological polar surface area (TPSA) is 20.2 Å². The summed E-state index contributed by atoms with van der Waals surface area (Å²) >= 11 is 0. The van der Waals surface area contributed by atoms with Gasteiger partial charge in [0.1, 0.15) is 5.75 Å². The van der Waals surface area contributed by atoms with Gasteiger partial charge in [0.15, 0.2) is 0 Å². The number of rotatable bonds is 3. The third kappa shape index (κ3) is 2.82. The Hall–Kier alpha value is -2.54. The molecule has 1 unspecified atom stereocenters. The number of phenols is 1. The predicted octanol–water partition coefficient (Wildman–Crippen LogP) is 4.88. The van der Waals surface area contributed by atoms with Crippen LogP contribution < -0.4 is 0 Å². The van der Waals surface area contributed by atoms with Crippen molar-refractivity contribution < 1.29 is 5.11 Å². The maximum Gasteiger partial charge on any atom is 0.115 e. The zero-order valence-corrected chi connectivity index (χ0v) is 12.0. The Bertz CT molecular complexity index is 714. The number of aromatic hydroxyl groups is 1. The van der Waals surface area contributed by atoms with E-state index in [2.05, 4.69) is 55.5 Å². The molecular weight excluding hydrogens is 256 g/mol. The Kier molecular flexibility index (Phi) is 3.74. The highest BCUT2D eigenvalue weighted by atomic mass is 16.3. The number of hydrogen-bond donors (Lipinski definition) is 1. The number of benzene rings is 3. The molecule has 1 heteroatoms. The number of aryl methyl sites for hydroxylation is 1. The predicted molar refractivity (Wildman–Crippen MR) is 86.7 cm³/mol. The second-order valence-electron chi connectivity index (χ2n) is 5.29. The molecule has 3 aromatic carbocycles. The van der Waals surface area contributed by atoms with Crippen molar-refractivity contribution in [3.05, 3.63) is 101 Å². The fourth-order valence-corrected chi connectivity index (χ4v) is 2.77. The molecule has 0 aliphatic rings. The van der Waals surface area contributed by atoms with Crippen molar-refractivity contribution >= 4 is 0 Å². The van der Waals surface area contributed by atoms with Gasteiger partial charge in [0.25, 0.3) is 0 Å². The molecule has 0 aromatic heterocycles. The lowest BCUT2D eigenvalue weighted by molar-refractivity contribution is 0.475. The monoisotopic (exact) mass is 274 g/mol. The maximum atomic E-state index is 9.53. The summed E-state index contributed by atoms with van der Waals surface area (Å²) in [4.78, 5) is 0. The van der Waals surface area contributed by atoms with Gasteiger partial charge in [-0.05, 0) is 41.3 Å². The molecule has 0 heterocycles. The van der Waals surface area contributed by atoms with Crippen LogP contribution in [0.5, 0.6) is 5.75 Å². The van der Waals surface area contributed by atoms with Gasteiger partial charge in [-0.1, -0.05) is 66.7 Å². The molecular formula is C20H18O. The molecule has 0 spiro atoms. The van der Waals surface area contributed by atoms with Crippen molar-refractivity contribution in [2.45, 2.75) is 12.8 Å². The standard InChI is InChI=1S/C20H18O/c1-15-7-5-6-10-19(15)20(16-8-3-2-4-9-16)17-11-13-18(21)14-12-17/h2-14,20-21H,1H3. The van der Waals surface area contributed by atoms with Crippen molar-refractivity contribution in [1.82, 2.24) is 0 Å². The van der Waals surface area contributed by atoms with Gasteiger partial charge in [0.2, 0.25) is 0 Å². The first kappa shape index (κ1) is 13.4. The highest BCUT2D eigenvalue weighted by Crippen LogP contribution is 2.34. The minimum absolute atomic E-state index is 0.188. The van der Waals surface area contributed by atoms with E-state index in [9.17, 15) is 5.11 Å². The second kappa shape index (κ2) is 5.84. The van der Waals surface area contributed by atoms with E-state index in [0.29, 0.717) is 5.75 Å². The SMILES string of the molecule is Cc1ccccc1C(c1ccccc1)c1ccc(O)cc1. The van der Waals surface area contributed by atoms with Gasteiger partial charge in [0.05, 0.1) is 0 Å². The lowest BCUT2D eigenvalue weighted by atomic mass is 9.83. The van der Waals surface area contributed by atoms with Gasteiger partial charge < -0.3 is 5.11 Å². The van der Waals surface area contributed by atoms with Crippen LogP contribution in [0.1, 0.15) is 28.2 Å². The number of phenolic OH excluding ortho intramolecular Hbond substituents is 1. The molecule has 3 aromatic rings. The molecule has 0 saturated carbocycles. The highest BCUT2D eigenvalue weighted by molar-refractivity contribution is 5.46. The van der Waals surface area contributed by atoms with Crippen molar-refractivity contribution in [2.24, 2.45) is 0 Å². The lowest BCUT2D eigenvalue weighted by Gasteiger charge is -2.21. The van der Waals surface area contributed by atoms with Crippen LogP contribution in [0, 0.1) is 6.92 Å². The minimum atomic E-state index is 0.188. The molecule has 0 radical (unpaired) electrons. The summed E-state index contributed by atoms with van der Waals surface area (Å²) in [5.74, 6) is 0.489. The molecule has 0 aliphatic heterocycles. The van der Waals surface area contributed by atoms with E-state index < -0.39 is 0 Å². The van der Waals surface area contributed by atoms with E-state index in [1.54, 1.807) is 12.1 Å². The van der Waals surface area contributed by atoms with Crippen LogP contribution >= 0.6 is 0 Å². The Morgan fingerprint density at radius 1 is 0.667 bits per heavy atom. The summed E-state index contributed by atoms with van der Waals surface area (Å²) in [6.07, 6.45) is 0. The van der Waals surface area contributed by atoms with E-state index >= 15 is 0 Å². The van der Waals surface area contributed by atoms with Crippen molar-refractivity contribution in [3.8, 4) is 5.75 Å². The van der Waals surface area contributed by atoms with Crippen molar-refractivity contribution in [2.75, 3.05) is 0 Å². The largest absolute Gasteiger partial charge is 0.508 e. The summed E-state index contributed by atoms with van der Waals surface area (Å²) in [5, 5.41) is 9.53. The second-order valence-corrected chi connectivity index (χ2v) is 5.29. The molecule has 21 heavy (non-hydrogen) atoms. The summed E-state index contributed by atoms with van der Waals surface area (Å²) in [5.41, 5.74) is 5.03. The van der Waals surface area contributed by atoms with Crippen LogP contribution in [0.25, 0.3) is 0 Å². The third-order valence-electron chi connectivity index (χ3n) is 3.86. The fraction of sp³-hybridized carbons (Fsp3) is 0.100. The summed E-state index contributed by atoms with van der Waals surface area (Å²) < 4.78 is 0. The first-order valence-corrected chi connectivity index (χ1v) is 7.15. The Morgan fingerprint density at radius 3 is 1.90 bits per heavy atom. The normalized spacial score (nSPS) is 12.0. The lowest BCUT2D eigenvalue weighted by Crippen LogP contribution is -2.05. The zero-order chi connectivity index (χ0) is 14.7. The van der Waals surface area contributed by atoms with E-state index in [-0.39, 0.29) is 5.92 Å². The molecule has 104 valence electrons. The molecule has 0 aliphatic carbocycles. The van der Waals surface area contributed by atoms with E-state index in [4.69, 9.17) is 0 Å². The first-order chi connectivity index (χ1) is 10.3. The molecule has 1 nitrogen and oxygen atoms in total. The Labute approximate surface area is 125 Å². The van der Waals surface area contributed by atoms with E-state index in [1.165, 1.54) is 22.3 Å². The first-order valence-electron chi connectivity index (χ1n) is 7.15. The van der Waals surface area contributed by atoms with Gasteiger partial charge in [0, 0.05) is 5.92 Å². The zero-order valence-electron chi connectivity index (χ0n) is 12.0. The highest BCUT2D eigenvalue weighted by Gasteiger charge is 2.17.